The maximum Gasteiger partial charge on any atom is 0.128 e. The highest BCUT2D eigenvalue weighted by Gasteiger charge is 2.22. The van der Waals surface area contributed by atoms with Crippen LogP contribution in [0.25, 0.3) is 0 Å². The van der Waals surface area contributed by atoms with E-state index in [9.17, 15) is 4.39 Å². The Morgan fingerprint density at radius 3 is 2.55 bits per heavy atom. The van der Waals surface area contributed by atoms with E-state index in [0.717, 1.165) is 35.4 Å². The molecule has 0 aliphatic heterocycles. The lowest BCUT2D eigenvalue weighted by Gasteiger charge is -2.22. The lowest BCUT2D eigenvalue weighted by Crippen LogP contribution is -2.25. The van der Waals surface area contributed by atoms with Crippen LogP contribution in [-0.4, -0.2) is 6.54 Å². The van der Waals surface area contributed by atoms with Gasteiger partial charge in [0.25, 0.3) is 0 Å². The summed E-state index contributed by atoms with van der Waals surface area (Å²) in [5.74, 6) is 0.676. The number of halogens is 1. The normalized spacial score (nSPS) is 12.7. The lowest BCUT2D eigenvalue weighted by molar-refractivity contribution is 0.507. The first kappa shape index (κ1) is 14.8. The van der Waals surface area contributed by atoms with Crippen LogP contribution in [0.1, 0.15) is 47.4 Å². The van der Waals surface area contributed by atoms with E-state index in [2.05, 4.69) is 12.2 Å². The molecule has 1 atom stereocenters. The number of nitrogens with one attached hydrogen (secondary N) is 1. The Balaban J connectivity index is 2.50. The van der Waals surface area contributed by atoms with Crippen molar-refractivity contribution in [2.75, 3.05) is 6.54 Å². The van der Waals surface area contributed by atoms with Crippen molar-refractivity contribution in [1.82, 2.24) is 5.32 Å². The van der Waals surface area contributed by atoms with E-state index in [1.54, 1.807) is 12.3 Å². The molecular formula is C17H22FNO. The third kappa shape index (κ3) is 2.93. The van der Waals surface area contributed by atoms with Gasteiger partial charge in [0.05, 0.1) is 12.3 Å². The molecule has 1 N–H and O–H groups in total. The predicted octanol–water partition coefficient (Wildman–Crippen LogP) is 4.43. The Kier molecular flexibility index (Phi) is 4.61. The minimum atomic E-state index is -0.158. The van der Waals surface area contributed by atoms with Gasteiger partial charge in [0, 0.05) is 11.1 Å². The molecule has 2 nitrogen and oxygen atoms in total. The average molecular weight is 275 g/mol. The standard InChI is InChI=1S/C17H22FNO/c1-5-7-19-17(14-6-8-20-13(14)4)16-12(3)9-11(2)10-15(16)18/h6,8-10,17,19H,5,7H2,1-4H3. The van der Waals surface area contributed by atoms with Gasteiger partial charge in [-0.3, -0.25) is 0 Å². The summed E-state index contributed by atoms with van der Waals surface area (Å²) in [6.07, 6.45) is 2.66. The lowest BCUT2D eigenvalue weighted by atomic mass is 9.93. The van der Waals surface area contributed by atoms with Gasteiger partial charge in [0.15, 0.2) is 0 Å². The molecule has 1 aromatic carbocycles. The van der Waals surface area contributed by atoms with Crippen molar-refractivity contribution in [3.05, 3.63) is 58.3 Å². The fraction of sp³-hybridized carbons (Fsp3) is 0.412. The van der Waals surface area contributed by atoms with Gasteiger partial charge in [-0.15, -0.1) is 0 Å². The van der Waals surface area contributed by atoms with Crippen LogP contribution in [0.5, 0.6) is 0 Å². The van der Waals surface area contributed by atoms with Crippen LogP contribution in [0.3, 0.4) is 0 Å². The molecule has 1 unspecified atom stereocenters. The molecule has 0 spiro atoms. The summed E-state index contributed by atoms with van der Waals surface area (Å²) in [7, 11) is 0. The van der Waals surface area contributed by atoms with Crippen molar-refractivity contribution in [3.63, 3.8) is 0 Å². The van der Waals surface area contributed by atoms with E-state index in [1.807, 2.05) is 32.9 Å². The molecule has 1 heterocycles. The zero-order valence-corrected chi connectivity index (χ0v) is 12.6. The van der Waals surface area contributed by atoms with Gasteiger partial charge in [0.2, 0.25) is 0 Å². The number of hydrogen-bond donors (Lipinski definition) is 1. The molecule has 108 valence electrons. The quantitative estimate of drug-likeness (QED) is 0.873. The summed E-state index contributed by atoms with van der Waals surface area (Å²) in [5, 5.41) is 3.43. The molecule has 0 bridgehead atoms. The summed E-state index contributed by atoms with van der Waals surface area (Å²) in [4.78, 5) is 0. The van der Waals surface area contributed by atoms with E-state index >= 15 is 0 Å². The zero-order chi connectivity index (χ0) is 14.7. The first-order valence-corrected chi connectivity index (χ1v) is 7.08. The molecule has 0 fully saturated rings. The minimum Gasteiger partial charge on any atom is -0.469 e. The highest BCUT2D eigenvalue weighted by atomic mass is 19.1. The fourth-order valence-electron chi connectivity index (χ4n) is 2.64. The predicted molar refractivity (Wildman–Crippen MR) is 79.5 cm³/mol. The van der Waals surface area contributed by atoms with Crippen molar-refractivity contribution in [3.8, 4) is 0 Å². The van der Waals surface area contributed by atoms with Crippen LogP contribution in [0.4, 0.5) is 4.39 Å². The third-order valence-corrected chi connectivity index (χ3v) is 3.58. The summed E-state index contributed by atoms with van der Waals surface area (Å²) < 4.78 is 19.8. The first-order chi connectivity index (χ1) is 9.54. The van der Waals surface area contributed by atoms with Gasteiger partial charge < -0.3 is 9.73 Å². The number of rotatable bonds is 5. The molecule has 0 saturated heterocycles. The molecule has 2 aromatic rings. The maximum atomic E-state index is 14.4. The monoisotopic (exact) mass is 275 g/mol. The van der Waals surface area contributed by atoms with Gasteiger partial charge in [0.1, 0.15) is 11.6 Å². The number of benzene rings is 1. The molecular weight excluding hydrogens is 253 g/mol. The summed E-state index contributed by atoms with van der Waals surface area (Å²) >= 11 is 0. The van der Waals surface area contributed by atoms with Crippen molar-refractivity contribution in [2.45, 2.75) is 40.2 Å². The second-order valence-electron chi connectivity index (χ2n) is 5.30. The molecule has 3 heteroatoms. The van der Waals surface area contributed by atoms with Crippen LogP contribution in [0.2, 0.25) is 0 Å². The van der Waals surface area contributed by atoms with Crippen molar-refractivity contribution < 1.29 is 8.81 Å². The van der Waals surface area contributed by atoms with Crippen LogP contribution in [0, 0.1) is 26.6 Å². The van der Waals surface area contributed by atoms with Crippen LogP contribution in [0.15, 0.2) is 28.9 Å². The van der Waals surface area contributed by atoms with E-state index in [4.69, 9.17) is 4.42 Å². The summed E-state index contributed by atoms with van der Waals surface area (Å²) in [5.41, 5.74) is 3.64. The molecule has 0 radical (unpaired) electrons. The molecule has 1 aromatic heterocycles. The number of aryl methyl sites for hydroxylation is 3. The molecule has 0 saturated carbocycles. The van der Waals surface area contributed by atoms with Crippen molar-refractivity contribution >= 4 is 0 Å². The molecule has 0 aliphatic rings. The van der Waals surface area contributed by atoms with Gasteiger partial charge in [-0.1, -0.05) is 13.0 Å². The zero-order valence-electron chi connectivity index (χ0n) is 12.6. The fourth-order valence-corrected chi connectivity index (χ4v) is 2.64. The maximum absolute atomic E-state index is 14.4. The number of furan rings is 1. The molecule has 0 amide bonds. The largest absolute Gasteiger partial charge is 0.469 e. The minimum absolute atomic E-state index is 0.156. The van der Waals surface area contributed by atoms with Crippen molar-refractivity contribution in [1.29, 1.82) is 0 Å². The Morgan fingerprint density at radius 2 is 2.00 bits per heavy atom. The van der Waals surface area contributed by atoms with E-state index in [-0.39, 0.29) is 11.9 Å². The average Bonchev–Trinajstić information content (AvgIpc) is 2.78. The van der Waals surface area contributed by atoms with E-state index in [1.165, 1.54) is 0 Å². The number of hydrogen-bond acceptors (Lipinski definition) is 2. The molecule has 0 aliphatic carbocycles. The Morgan fingerprint density at radius 1 is 1.25 bits per heavy atom. The highest BCUT2D eigenvalue weighted by Crippen LogP contribution is 2.30. The topological polar surface area (TPSA) is 25.2 Å². The van der Waals surface area contributed by atoms with Crippen LogP contribution in [-0.2, 0) is 0 Å². The van der Waals surface area contributed by atoms with E-state index < -0.39 is 0 Å². The van der Waals surface area contributed by atoms with Gasteiger partial charge in [-0.25, -0.2) is 4.39 Å². The Bertz CT molecular complexity index is 565. The Labute approximate surface area is 120 Å². The van der Waals surface area contributed by atoms with Crippen molar-refractivity contribution in [2.24, 2.45) is 0 Å². The van der Waals surface area contributed by atoms with Gasteiger partial charge >= 0.3 is 0 Å². The summed E-state index contributed by atoms with van der Waals surface area (Å²) in [6, 6.07) is 5.38. The van der Waals surface area contributed by atoms with Crippen LogP contribution < -0.4 is 5.32 Å². The van der Waals surface area contributed by atoms with Crippen LogP contribution >= 0.6 is 0 Å². The van der Waals surface area contributed by atoms with Gasteiger partial charge in [-0.05, 0) is 57.0 Å². The summed E-state index contributed by atoms with van der Waals surface area (Å²) in [6.45, 7) is 8.73. The van der Waals surface area contributed by atoms with Gasteiger partial charge in [-0.2, -0.15) is 0 Å². The smallest absolute Gasteiger partial charge is 0.128 e. The third-order valence-electron chi connectivity index (χ3n) is 3.58. The molecule has 2 rings (SSSR count). The van der Waals surface area contributed by atoms with E-state index in [0.29, 0.717) is 5.56 Å². The SMILES string of the molecule is CCCNC(c1ccoc1C)c1c(C)cc(C)cc1F. The first-order valence-electron chi connectivity index (χ1n) is 7.08. The highest BCUT2D eigenvalue weighted by molar-refractivity contribution is 5.40. The second-order valence-corrected chi connectivity index (χ2v) is 5.30. The second kappa shape index (κ2) is 6.23. The molecule has 20 heavy (non-hydrogen) atoms. The Hall–Kier alpha value is -1.61.